The Kier molecular flexibility index (Phi) is 5.22. The summed E-state index contributed by atoms with van der Waals surface area (Å²) in [5, 5.41) is 12.2. The molecule has 1 rings (SSSR count). The first-order valence-electron chi connectivity index (χ1n) is 6.11. The van der Waals surface area contributed by atoms with Crippen molar-refractivity contribution in [3.63, 3.8) is 0 Å². The van der Waals surface area contributed by atoms with E-state index in [4.69, 9.17) is 9.52 Å². The van der Waals surface area contributed by atoms with Gasteiger partial charge in [0.15, 0.2) is 0 Å². The highest BCUT2D eigenvalue weighted by Crippen LogP contribution is 2.14. The van der Waals surface area contributed by atoms with Crippen molar-refractivity contribution in [3.05, 3.63) is 23.2 Å². The Hall–Kier alpha value is -1.29. The minimum atomic E-state index is -0.933. The maximum absolute atomic E-state index is 10.8. The molecule has 1 aromatic rings. The lowest BCUT2D eigenvalue weighted by molar-refractivity contribution is 0.0695. The normalized spacial score (nSPS) is 11.1. The molecule has 0 unspecified atom stereocenters. The summed E-state index contributed by atoms with van der Waals surface area (Å²) in [7, 11) is 0. The van der Waals surface area contributed by atoms with Crippen LogP contribution in [0, 0.1) is 12.8 Å². The lowest BCUT2D eigenvalue weighted by Gasteiger charge is -2.12. The summed E-state index contributed by atoms with van der Waals surface area (Å²) in [5.41, 5.74) is 0.254. The third-order valence-electron chi connectivity index (χ3n) is 3.09. The summed E-state index contributed by atoms with van der Waals surface area (Å²) in [6, 6.07) is 1.59. The lowest BCUT2D eigenvalue weighted by atomic mass is 10.0. The van der Waals surface area contributed by atoms with Crippen molar-refractivity contribution >= 4 is 5.97 Å². The van der Waals surface area contributed by atoms with Gasteiger partial charge in [-0.1, -0.05) is 26.7 Å². The molecule has 0 radical (unpaired) electrons. The fourth-order valence-corrected chi connectivity index (χ4v) is 1.82. The van der Waals surface area contributed by atoms with Crippen molar-refractivity contribution in [3.8, 4) is 0 Å². The highest BCUT2D eigenvalue weighted by Gasteiger charge is 2.13. The molecule has 96 valence electrons. The molecule has 4 nitrogen and oxygen atoms in total. The zero-order valence-corrected chi connectivity index (χ0v) is 10.7. The van der Waals surface area contributed by atoms with E-state index < -0.39 is 5.97 Å². The van der Waals surface area contributed by atoms with E-state index in [1.807, 2.05) is 0 Å². The molecule has 0 spiro atoms. The van der Waals surface area contributed by atoms with E-state index in [1.165, 1.54) is 0 Å². The van der Waals surface area contributed by atoms with Gasteiger partial charge in [-0.15, -0.1) is 0 Å². The number of carbonyl (C=O) groups is 1. The van der Waals surface area contributed by atoms with Crippen molar-refractivity contribution in [2.75, 3.05) is 6.54 Å². The third-order valence-corrected chi connectivity index (χ3v) is 3.09. The van der Waals surface area contributed by atoms with Gasteiger partial charge in [0.2, 0.25) is 0 Å². The van der Waals surface area contributed by atoms with Crippen LogP contribution < -0.4 is 5.32 Å². The van der Waals surface area contributed by atoms with Crippen LogP contribution in [0.4, 0.5) is 0 Å². The highest BCUT2D eigenvalue weighted by molar-refractivity contribution is 5.88. The van der Waals surface area contributed by atoms with E-state index in [-0.39, 0.29) is 5.56 Å². The quantitative estimate of drug-likeness (QED) is 0.768. The fourth-order valence-electron chi connectivity index (χ4n) is 1.82. The Bertz CT molecular complexity index is 367. The number of aryl methyl sites for hydroxylation is 1. The molecule has 0 amide bonds. The molecule has 0 fully saturated rings. The number of rotatable bonds is 7. The van der Waals surface area contributed by atoms with Crippen molar-refractivity contribution in [2.24, 2.45) is 5.92 Å². The molecule has 0 aromatic carbocycles. The van der Waals surface area contributed by atoms with Gasteiger partial charge in [-0.25, -0.2) is 4.79 Å². The summed E-state index contributed by atoms with van der Waals surface area (Å²) in [4.78, 5) is 10.8. The van der Waals surface area contributed by atoms with Crippen molar-refractivity contribution < 1.29 is 14.3 Å². The van der Waals surface area contributed by atoms with Gasteiger partial charge in [0, 0.05) is 0 Å². The van der Waals surface area contributed by atoms with Crippen LogP contribution in [0.15, 0.2) is 10.5 Å². The minimum absolute atomic E-state index is 0.254. The zero-order valence-electron chi connectivity index (χ0n) is 10.7. The monoisotopic (exact) mass is 239 g/mol. The zero-order chi connectivity index (χ0) is 12.8. The van der Waals surface area contributed by atoms with E-state index in [0.717, 1.165) is 19.4 Å². The van der Waals surface area contributed by atoms with E-state index >= 15 is 0 Å². The van der Waals surface area contributed by atoms with Crippen LogP contribution in [0.2, 0.25) is 0 Å². The second-order valence-electron chi connectivity index (χ2n) is 4.30. The Morgan fingerprint density at radius 1 is 1.47 bits per heavy atom. The summed E-state index contributed by atoms with van der Waals surface area (Å²) < 4.78 is 5.38. The molecule has 2 N–H and O–H groups in total. The minimum Gasteiger partial charge on any atom is -0.478 e. The second kappa shape index (κ2) is 6.45. The molecular formula is C13H21NO3. The molecule has 0 saturated carbocycles. The predicted molar refractivity (Wildman–Crippen MR) is 66.2 cm³/mol. The van der Waals surface area contributed by atoms with E-state index in [1.54, 1.807) is 13.0 Å². The Morgan fingerprint density at radius 3 is 2.59 bits per heavy atom. The highest BCUT2D eigenvalue weighted by atomic mass is 16.4. The van der Waals surface area contributed by atoms with Gasteiger partial charge >= 0.3 is 5.97 Å². The first-order chi connectivity index (χ1) is 8.08. The van der Waals surface area contributed by atoms with Gasteiger partial charge in [-0.2, -0.15) is 0 Å². The number of carboxylic acid groups (broad SMARTS) is 1. The van der Waals surface area contributed by atoms with E-state index in [2.05, 4.69) is 19.2 Å². The third kappa shape index (κ3) is 3.89. The first-order valence-corrected chi connectivity index (χ1v) is 6.11. The Morgan fingerprint density at radius 2 is 2.12 bits per heavy atom. The molecule has 0 saturated heterocycles. The number of carboxylic acids is 1. The van der Waals surface area contributed by atoms with Gasteiger partial charge in [-0.3, -0.25) is 0 Å². The van der Waals surface area contributed by atoms with Gasteiger partial charge in [-0.05, 0) is 25.5 Å². The van der Waals surface area contributed by atoms with Crippen molar-refractivity contribution in [2.45, 2.75) is 40.2 Å². The molecule has 0 atom stereocenters. The first kappa shape index (κ1) is 13.8. The van der Waals surface area contributed by atoms with Crippen LogP contribution in [0.3, 0.4) is 0 Å². The van der Waals surface area contributed by atoms with Crippen LogP contribution in [-0.4, -0.2) is 17.6 Å². The SMILES string of the molecule is CCC(CC)CNCc1cc(C(=O)O)c(C)o1. The average Bonchev–Trinajstić information content (AvgIpc) is 2.66. The fraction of sp³-hybridized carbons (Fsp3) is 0.615. The maximum Gasteiger partial charge on any atom is 0.339 e. The number of aromatic carboxylic acids is 1. The maximum atomic E-state index is 10.8. The van der Waals surface area contributed by atoms with Crippen LogP contribution in [0.1, 0.15) is 48.6 Å². The molecule has 0 aliphatic heterocycles. The summed E-state index contributed by atoms with van der Waals surface area (Å²) in [5.74, 6) is 0.894. The molecule has 4 heteroatoms. The summed E-state index contributed by atoms with van der Waals surface area (Å²) >= 11 is 0. The molecule has 0 aliphatic carbocycles. The molecule has 1 aromatic heterocycles. The molecule has 0 bridgehead atoms. The Labute approximate surface area is 102 Å². The van der Waals surface area contributed by atoms with Crippen molar-refractivity contribution in [1.82, 2.24) is 5.32 Å². The van der Waals surface area contributed by atoms with Crippen LogP contribution >= 0.6 is 0 Å². The summed E-state index contributed by atoms with van der Waals surface area (Å²) in [6.45, 7) is 7.55. The summed E-state index contributed by atoms with van der Waals surface area (Å²) in [6.07, 6.45) is 2.31. The van der Waals surface area contributed by atoms with Gasteiger partial charge < -0.3 is 14.8 Å². The molecular weight excluding hydrogens is 218 g/mol. The largest absolute Gasteiger partial charge is 0.478 e. The number of hydrogen-bond acceptors (Lipinski definition) is 3. The van der Waals surface area contributed by atoms with E-state index in [0.29, 0.717) is 24.0 Å². The Balaban J connectivity index is 2.47. The van der Waals surface area contributed by atoms with Gasteiger partial charge in [0.25, 0.3) is 0 Å². The average molecular weight is 239 g/mol. The lowest BCUT2D eigenvalue weighted by Crippen LogP contribution is -2.21. The molecule has 17 heavy (non-hydrogen) atoms. The number of hydrogen-bond donors (Lipinski definition) is 2. The van der Waals surface area contributed by atoms with Crippen LogP contribution in [0.25, 0.3) is 0 Å². The predicted octanol–water partition coefficient (Wildman–Crippen LogP) is 2.81. The molecule has 0 aliphatic rings. The van der Waals surface area contributed by atoms with Crippen molar-refractivity contribution in [1.29, 1.82) is 0 Å². The smallest absolute Gasteiger partial charge is 0.339 e. The van der Waals surface area contributed by atoms with Gasteiger partial charge in [0.05, 0.1) is 6.54 Å². The van der Waals surface area contributed by atoms with Gasteiger partial charge in [0.1, 0.15) is 17.1 Å². The standard InChI is InChI=1S/C13H21NO3/c1-4-10(5-2)7-14-8-11-6-12(13(15)16)9(3)17-11/h6,10,14H,4-5,7-8H2,1-3H3,(H,15,16). The second-order valence-corrected chi connectivity index (χ2v) is 4.30. The van der Waals surface area contributed by atoms with Crippen LogP contribution in [-0.2, 0) is 6.54 Å². The molecule has 1 heterocycles. The topological polar surface area (TPSA) is 62.5 Å². The number of furan rings is 1. The van der Waals surface area contributed by atoms with Crippen LogP contribution in [0.5, 0.6) is 0 Å². The number of nitrogens with one attached hydrogen (secondary N) is 1. The van der Waals surface area contributed by atoms with E-state index in [9.17, 15) is 4.79 Å².